The van der Waals surface area contributed by atoms with Crippen molar-refractivity contribution in [1.29, 1.82) is 0 Å². The molecule has 1 aromatic rings. The van der Waals surface area contributed by atoms with Gasteiger partial charge in [0.15, 0.2) is 0 Å². The van der Waals surface area contributed by atoms with Crippen molar-refractivity contribution in [2.45, 2.75) is 40.0 Å². The molecule has 0 spiro atoms. The monoisotopic (exact) mass is 234 g/mol. The van der Waals surface area contributed by atoms with Gasteiger partial charge < -0.3 is 4.43 Å². The lowest BCUT2D eigenvalue weighted by atomic mass is 9.82. The van der Waals surface area contributed by atoms with Crippen LogP contribution in [0, 0.1) is 0 Å². The van der Waals surface area contributed by atoms with E-state index in [1.54, 1.807) is 0 Å². The average Bonchev–Trinajstić information content (AvgIpc) is 2.26. The van der Waals surface area contributed by atoms with Crippen LogP contribution in [-0.4, -0.2) is 10.5 Å². The highest BCUT2D eigenvalue weighted by molar-refractivity contribution is 5.99. The molecule has 0 unspecified atom stereocenters. The van der Waals surface area contributed by atoms with E-state index in [0.29, 0.717) is 0 Å². The molecule has 0 heterocycles. The third-order valence-corrected chi connectivity index (χ3v) is 3.59. The van der Waals surface area contributed by atoms with E-state index in [1.165, 1.54) is 16.7 Å². The van der Waals surface area contributed by atoms with Gasteiger partial charge in [-0.2, -0.15) is 0 Å². The van der Waals surface area contributed by atoms with Crippen molar-refractivity contribution in [3.05, 3.63) is 41.2 Å². The third-order valence-electron chi connectivity index (χ3n) is 2.97. The quantitative estimate of drug-likeness (QED) is 0.564. The molecule has 0 amide bonds. The van der Waals surface area contributed by atoms with E-state index in [1.807, 2.05) is 6.92 Å². The Morgan fingerprint density at radius 3 is 2.19 bits per heavy atom. The number of rotatable bonds is 2. The van der Waals surface area contributed by atoms with E-state index in [9.17, 15) is 0 Å². The Morgan fingerprint density at radius 2 is 1.69 bits per heavy atom. The number of benzene rings is 1. The summed E-state index contributed by atoms with van der Waals surface area (Å²) in [6.07, 6.45) is 0. The third kappa shape index (κ3) is 2.76. The number of hydrogen-bond acceptors (Lipinski definition) is 1. The fourth-order valence-electron chi connectivity index (χ4n) is 1.81. The molecule has 0 bridgehead atoms. The summed E-state index contributed by atoms with van der Waals surface area (Å²) in [7, 11) is 0.751. The molecule has 0 atom stereocenters. The van der Waals surface area contributed by atoms with Gasteiger partial charge in [0.25, 0.3) is 0 Å². The Morgan fingerprint density at radius 1 is 1.12 bits per heavy atom. The Hall–Kier alpha value is -1.02. The molecule has 0 aliphatic rings. The van der Waals surface area contributed by atoms with E-state index in [0.717, 1.165) is 16.2 Å². The van der Waals surface area contributed by atoms with Crippen LogP contribution < -0.4 is 0 Å². The van der Waals surface area contributed by atoms with Gasteiger partial charge in [0.2, 0.25) is 10.5 Å². The summed E-state index contributed by atoms with van der Waals surface area (Å²) in [5.41, 5.74) is 4.11. The summed E-state index contributed by atoms with van der Waals surface area (Å²) >= 11 is 0. The van der Waals surface area contributed by atoms with Crippen molar-refractivity contribution >= 4 is 16.1 Å². The van der Waals surface area contributed by atoms with Crippen LogP contribution in [0.1, 0.15) is 45.7 Å². The minimum atomic E-state index is 0.170. The van der Waals surface area contributed by atoms with Gasteiger partial charge in [0.05, 0.1) is 5.76 Å². The lowest BCUT2D eigenvalue weighted by molar-refractivity contribution is 0.475. The van der Waals surface area contributed by atoms with E-state index in [4.69, 9.17) is 4.43 Å². The highest BCUT2D eigenvalue weighted by Gasteiger charge is 2.18. The molecule has 16 heavy (non-hydrogen) atoms. The Labute approximate surface area is 102 Å². The maximum Gasteiger partial charge on any atom is 0.203 e. The standard InChI is InChI=1S/C14H22OSi/c1-10(11(2)15-16)12-8-6-7-9-13(12)14(3,4)5/h6-9H,1-5,16H3. The molecule has 0 aliphatic heterocycles. The summed E-state index contributed by atoms with van der Waals surface area (Å²) in [6, 6.07) is 8.59. The Balaban J connectivity index is 3.36. The second-order valence-electron chi connectivity index (χ2n) is 5.18. The zero-order valence-corrected chi connectivity index (χ0v) is 13.2. The highest BCUT2D eigenvalue weighted by atomic mass is 28.2. The Bertz CT molecular complexity index is 399. The molecule has 0 aromatic heterocycles. The SMILES string of the molecule is CC(O[SiH3])=C(C)c1ccccc1C(C)(C)C. The molecule has 0 saturated heterocycles. The van der Waals surface area contributed by atoms with Crippen LogP contribution >= 0.6 is 0 Å². The summed E-state index contributed by atoms with van der Waals surface area (Å²) in [5.74, 6) is 1.04. The minimum absolute atomic E-state index is 0.170. The van der Waals surface area contributed by atoms with Gasteiger partial charge in [-0.3, -0.25) is 0 Å². The molecule has 2 heteroatoms. The lowest BCUT2D eigenvalue weighted by Gasteiger charge is -2.23. The summed E-state index contributed by atoms with van der Waals surface area (Å²) in [5, 5.41) is 0. The van der Waals surface area contributed by atoms with Gasteiger partial charge in [0.1, 0.15) is 0 Å². The van der Waals surface area contributed by atoms with Crippen molar-refractivity contribution in [3.63, 3.8) is 0 Å². The fraction of sp³-hybridized carbons (Fsp3) is 0.429. The normalized spacial score (nSPS) is 13.6. The lowest BCUT2D eigenvalue weighted by Crippen LogP contribution is -2.13. The topological polar surface area (TPSA) is 9.23 Å². The van der Waals surface area contributed by atoms with Gasteiger partial charge in [-0.25, -0.2) is 0 Å². The van der Waals surface area contributed by atoms with Crippen molar-refractivity contribution < 1.29 is 4.43 Å². The molecule has 1 aromatic carbocycles. The molecule has 88 valence electrons. The molecule has 1 rings (SSSR count). The van der Waals surface area contributed by atoms with Crippen LogP contribution in [0.4, 0.5) is 0 Å². The van der Waals surface area contributed by atoms with Gasteiger partial charge >= 0.3 is 0 Å². The first-order valence-electron chi connectivity index (χ1n) is 5.69. The smallest absolute Gasteiger partial charge is 0.203 e. The zero-order valence-electron chi connectivity index (χ0n) is 11.2. The van der Waals surface area contributed by atoms with Crippen LogP contribution in [-0.2, 0) is 9.84 Å². The van der Waals surface area contributed by atoms with Gasteiger partial charge in [0, 0.05) is 0 Å². The average molecular weight is 234 g/mol. The molecule has 0 radical (unpaired) electrons. The first kappa shape index (κ1) is 13.0. The first-order chi connectivity index (χ1) is 7.38. The molecular formula is C14H22OSi. The van der Waals surface area contributed by atoms with E-state index in [-0.39, 0.29) is 5.41 Å². The van der Waals surface area contributed by atoms with Gasteiger partial charge in [-0.15, -0.1) is 0 Å². The van der Waals surface area contributed by atoms with Crippen LogP contribution in [0.25, 0.3) is 5.57 Å². The summed E-state index contributed by atoms with van der Waals surface area (Å²) in [6.45, 7) is 10.9. The van der Waals surface area contributed by atoms with E-state index >= 15 is 0 Å². The van der Waals surface area contributed by atoms with Gasteiger partial charge in [-0.1, -0.05) is 45.0 Å². The maximum atomic E-state index is 5.45. The number of hydrogen-bond donors (Lipinski definition) is 0. The van der Waals surface area contributed by atoms with Crippen LogP contribution in [0.5, 0.6) is 0 Å². The summed E-state index contributed by atoms with van der Waals surface area (Å²) < 4.78 is 5.45. The fourth-order valence-corrected chi connectivity index (χ4v) is 2.11. The van der Waals surface area contributed by atoms with Crippen LogP contribution in [0.3, 0.4) is 0 Å². The van der Waals surface area contributed by atoms with Crippen molar-refractivity contribution in [2.24, 2.45) is 0 Å². The maximum absolute atomic E-state index is 5.45. The minimum Gasteiger partial charge on any atom is -0.556 e. The van der Waals surface area contributed by atoms with Crippen LogP contribution in [0.2, 0.25) is 0 Å². The van der Waals surface area contributed by atoms with E-state index < -0.39 is 0 Å². The van der Waals surface area contributed by atoms with Crippen molar-refractivity contribution in [2.75, 3.05) is 0 Å². The molecule has 0 fully saturated rings. The predicted molar refractivity (Wildman–Crippen MR) is 74.4 cm³/mol. The Kier molecular flexibility index (Phi) is 3.97. The molecule has 0 saturated carbocycles. The summed E-state index contributed by atoms with van der Waals surface area (Å²) in [4.78, 5) is 0. The zero-order chi connectivity index (χ0) is 12.3. The molecular weight excluding hydrogens is 212 g/mol. The highest BCUT2D eigenvalue weighted by Crippen LogP contribution is 2.31. The molecule has 1 nitrogen and oxygen atoms in total. The second kappa shape index (κ2) is 4.87. The molecule has 0 N–H and O–H groups in total. The van der Waals surface area contributed by atoms with Crippen molar-refractivity contribution in [3.8, 4) is 0 Å². The van der Waals surface area contributed by atoms with Crippen molar-refractivity contribution in [1.82, 2.24) is 0 Å². The van der Waals surface area contributed by atoms with Gasteiger partial charge in [-0.05, 0) is 36.0 Å². The van der Waals surface area contributed by atoms with E-state index in [2.05, 4.69) is 52.0 Å². The predicted octanol–water partition coefficient (Wildman–Crippen LogP) is 3.03. The second-order valence-corrected chi connectivity index (χ2v) is 5.59. The molecule has 0 aliphatic carbocycles. The number of allylic oxidation sites excluding steroid dienone is 2. The first-order valence-corrected chi connectivity index (χ1v) is 6.51. The largest absolute Gasteiger partial charge is 0.556 e. The van der Waals surface area contributed by atoms with Crippen LogP contribution in [0.15, 0.2) is 30.0 Å².